The lowest BCUT2D eigenvalue weighted by atomic mass is 9.89. The van der Waals surface area contributed by atoms with Crippen LogP contribution in [0.2, 0.25) is 0 Å². The fraction of sp³-hybridized carbons (Fsp3) is 0.308. The first-order valence-electron chi connectivity index (χ1n) is 5.81. The minimum Gasteiger partial charge on any atom is -0.379 e. The fourth-order valence-corrected chi connectivity index (χ4v) is 1.97. The second-order valence-corrected chi connectivity index (χ2v) is 4.88. The summed E-state index contributed by atoms with van der Waals surface area (Å²) in [6.45, 7) is 2.13. The van der Waals surface area contributed by atoms with Crippen molar-refractivity contribution >= 4 is 17.8 Å². The molecule has 0 unspecified atom stereocenters. The maximum absolute atomic E-state index is 12.0. The molecule has 2 aliphatic rings. The Morgan fingerprint density at radius 2 is 1.74 bits per heavy atom. The number of hydrogen-bond acceptors (Lipinski definition) is 5. The Balaban J connectivity index is 1.83. The van der Waals surface area contributed by atoms with Crippen LogP contribution >= 0.6 is 0 Å². The Morgan fingerprint density at radius 3 is 2.16 bits per heavy atom. The third kappa shape index (κ3) is 1.64. The van der Waals surface area contributed by atoms with Crippen molar-refractivity contribution in [3.63, 3.8) is 0 Å². The smallest absolute Gasteiger partial charge is 0.343 e. The molecule has 1 fully saturated rings. The molecule has 0 spiro atoms. The standard InChI is InChI=1S/C13H11NO5/c1-13(6-18-7-13)12(17)19-14-10(15)8-4-2-3-5-9(8)11(14)16/h2-5H,6-7H2,1H3. The van der Waals surface area contributed by atoms with E-state index in [-0.39, 0.29) is 24.3 Å². The molecule has 0 saturated carbocycles. The predicted molar refractivity (Wildman–Crippen MR) is 62.0 cm³/mol. The first-order chi connectivity index (χ1) is 9.03. The molecule has 6 heteroatoms. The summed E-state index contributed by atoms with van der Waals surface area (Å²) >= 11 is 0. The van der Waals surface area contributed by atoms with Crippen LogP contribution in [0.5, 0.6) is 0 Å². The molecular weight excluding hydrogens is 250 g/mol. The van der Waals surface area contributed by atoms with Gasteiger partial charge in [0.2, 0.25) is 0 Å². The van der Waals surface area contributed by atoms with Gasteiger partial charge in [-0.15, -0.1) is 0 Å². The van der Waals surface area contributed by atoms with Crippen molar-refractivity contribution in [1.82, 2.24) is 5.06 Å². The van der Waals surface area contributed by atoms with Crippen LogP contribution in [0.15, 0.2) is 24.3 Å². The number of nitrogens with zero attached hydrogens (tertiary/aromatic N) is 1. The number of hydrogen-bond donors (Lipinski definition) is 0. The minimum atomic E-state index is -0.782. The molecule has 6 nitrogen and oxygen atoms in total. The Labute approximate surface area is 108 Å². The van der Waals surface area contributed by atoms with Gasteiger partial charge in [-0.2, -0.15) is 0 Å². The fourth-order valence-electron chi connectivity index (χ4n) is 1.97. The Morgan fingerprint density at radius 1 is 1.21 bits per heavy atom. The van der Waals surface area contributed by atoms with E-state index in [2.05, 4.69) is 0 Å². The Kier molecular flexibility index (Phi) is 2.43. The number of imide groups is 1. The highest BCUT2D eigenvalue weighted by Crippen LogP contribution is 2.30. The van der Waals surface area contributed by atoms with Gasteiger partial charge in [0.15, 0.2) is 0 Å². The maximum atomic E-state index is 12.0. The summed E-state index contributed by atoms with van der Waals surface area (Å²) < 4.78 is 4.95. The van der Waals surface area contributed by atoms with E-state index in [1.807, 2.05) is 0 Å². The molecule has 98 valence electrons. The second-order valence-electron chi connectivity index (χ2n) is 4.88. The summed E-state index contributed by atoms with van der Waals surface area (Å²) in [5.41, 5.74) is -0.291. The van der Waals surface area contributed by atoms with Crippen LogP contribution in [-0.2, 0) is 14.4 Å². The molecule has 19 heavy (non-hydrogen) atoms. The van der Waals surface area contributed by atoms with E-state index in [0.29, 0.717) is 5.06 Å². The Bertz CT molecular complexity index is 555. The number of fused-ring (bicyclic) bond motifs is 1. The molecule has 2 heterocycles. The van der Waals surface area contributed by atoms with E-state index >= 15 is 0 Å². The lowest BCUT2D eigenvalue weighted by molar-refractivity contribution is -0.204. The van der Waals surface area contributed by atoms with E-state index in [4.69, 9.17) is 9.57 Å². The van der Waals surface area contributed by atoms with Crippen LogP contribution in [0.3, 0.4) is 0 Å². The van der Waals surface area contributed by atoms with Gasteiger partial charge in [0.05, 0.1) is 24.3 Å². The lowest BCUT2D eigenvalue weighted by Crippen LogP contribution is -2.50. The van der Waals surface area contributed by atoms with Crippen LogP contribution in [0.4, 0.5) is 0 Å². The zero-order valence-electron chi connectivity index (χ0n) is 10.2. The van der Waals surface area contributed by atoms with Gasteiger partial charge in [-0.05, 0) is 19.1 Å². The normalized spacial score (nSPS) is 19.9. The van der Waals surface area contributed by atoms with E-state index < -0.39 is 23.2 Å². The molecule has 1 saturated heterocycles. The Hall–Kier alpha value is -2.21. The molecule has 1 aromatic carbocycles. The van der Waals surface area contributed by atoms with E-state index in [1.165, 1.54) is 12.1 Å². The van der Waals surface area contributed by atoms with Crippen LogP contribution < -0.4 is 0 Å². The van der Waals surface area contributed by atoms with E-state index in [9.17, 15) is 14.4 Å². The van der Waals surface area contributed by atoms with Crippen LogP contribution in [0.25, 0.3) is 0 Å². The van der Waals surface area contributed by atoms with Crippen molar-refractivity contribution in [2.45, 2.75) is 6.92 Å². The molecule has 0 bridgehead atoms. The number of benzene rings is 1. The van der Waals surface area contributed by atoms with E-state index in [0.717, 1.165) is 0 Å². The number of carbonyl (C=O) groups excluding carboxylic acids is 3. The summed E-state index contributed by atoms with van der Waals surface area (Å²) in [5, 5.41) is 0.524. The number of rotatable bonds is 2. The van der Waals surface area contributed by atoms with Gasteiger partial charge in [-0.3, -0.25) is 9.59 Å². The molecule has 2 aliphatic heterocycles. The molecule has 1 aromatic rings. The molecule has 0 atom stereocenters. The summed E-state index contributed by atoms with van der Waals surface area (Å²) in [6.07, 6.45) is 0. The van der Waals surface area contributed by atoms with Crippen molar-refractivity contribution in [3.8, 4) is 0 Å². The predicted octanol–water partition coefficient (Wildman–Crippen LogP) is 0.777. The number of carbonyl (C=O) groups is 3. The van der Waals surface area contributed by atoms with Gasteiger partial charge in [-0.25, -0.2) is 4.79 Å². The summed E-state index contributed by atoms with van der Waals surface area (Å²) in [7, 11) is 0. The molecule has 0 aromatic heterocycles. The lowest BCUT2D eigenvalue weighted by Gasteiger charge is -2.35. The highest BCUT2D eigenvalue weighted by atomic mass is 16.7. The second kappa shape index (κ2) is 3.89. The van der Waals surface area contributed by atoms with Gasteiger partial charge in [-0.1, -0.05) is 17.2 Å². The molecular formula is C13H11NO5. The number of amides is 2. The molecule has 0 N–H and O–H groups in total. The first kappa shape index (κ1) is 11.9. The van der Waals surface area contributed by atoms with Gasteiger partial charge < -0.3 is 9.57 Å². The van der Waals surface area contributed by atoms with Crippen molar-refractivity contribution in [3.05, 3.63) is 35.4 Å². The topological polar surface area (TPSA) is 72.9 Å². The summed E-state index contributed by atoms with van der Waals surface area (Å²) in [4.78, 5) is 40.8. The molecule has 2 amide bonds. The molecule has 3 rings (SSSR count). The highest BCUT2D eigenvalue weighted by molar-refractivity contribution is 6.20. The average molecular weight is 261 g/mol. The van der Waals surface area contributed by atoms with Crippen molar-refractivity contribution in [2.75, 3.05) is 13.2 Å². The average Bonchev–Trinajstić information content (AvgIpc) is 2.62. The zero-order chi connectivity index (χ0) is 13.6. The van der Waals surface area contributed by atoms with Crippen LogP contribution in [0, 0.1) is 5.41 Å². The number of hydroxylamine groups is 2. The van der Waals surface area contributed by atoms with Gasteiger partial charge >= 0.3 is 5.97 Å². The SMILES string of the molecule is CC1(C(=O)ON2C(=O)c3ccccc3C2=O)COC1. The first-order valence-corrected chi connectivity index (χ1v) is 5.81. The largest absolute Gasteiger partial charge is 0.379 e. The van der Waals surface area contributed by atoms with Gasteiger partial charge in [0, 0.05) is 0 Å². The van der Waals surface area contributed by atoms with Gasteiger partial charge in [0.1, 0.15) is 5.41 Å². The minimum absolute atomic E-state index is 0.231. The highest BCUT2D eigenvalue weighted by Gasteiger charge is 2.47. The third-order valence-corrected chi connectivity index (χ3v) is 3.27. The van der Waals surface area contributed by atoms with Crippen molar-refractivity contribution in [1.29, 1.82) is 0 Å². The van der Waals surface area contributed by atoms with Crippen molar-refractivity contribution < 1.29 is 24.0 Å². The van der Waals surface area contributed by atoms with E-state index in [1.54, 1.807) is 19.1 Å². The van der Waals surface area contributed by atoms with Crippen LogP contribution in [-0.4, -0.2) is 36.1 Å². The number of ether oxygens (including phenoxy) is 1. The summed E-state index contributed by atoms with van der Waals surface area (Å²) in [6, 6.07) is 6.35. The monoisotopic (exact) mass is 261 g/mol. The van der Waals surface area contributed by atoms with Gasteiger partial charge in [0.25, 0.3) is 11.8 Å². The molecule has 0 aliphatic carbocycles. The zero-order valence-corrected chi connectivity index (χ0v) is 10.2. The third-order valence-electron chi connectivity index (χ3n) is 3.27. The summed E-state index contributed by atoms with van der Waals surface area (Å²) in [5.74, 6) is -1.86. The molecule has 0 radical (unpaired) electrons. The van der Waals surface area contributed by atoms with Crippen molar-refractivity contribution in [2.24, 2.45) is 5.41 Å². The quantitative estimate of drug-likeness (QED) is 0.735. The van der Waals surface area contributed by atoms with Crippen LogP contribution in [0.1, 0.15) is 27.6 Å². The maximum Gasteiger partial charge on any atom is 0.343 e.